The third kappa shape index (κ3) is 1.11. The molecule has 0 aliphatic heterocycles. The van der Waals surface area contributed by atoms with Gasteiger partial charge in [-0.1, -0.05) is 18.9 Å². The highest BCUT2D eigenvalue weighted by atomic mass is 16.1. The molecule has 0 unspecified atom stereocenters. The van der Waals surface area contributed by atoms with Crippen LogP contribution < -0.4 is 0 Å². The van der Waals surface area contributed by atoms with Crippen LogP contribution in [0.4, 0.5) is 0 Å². The molecule has 0 bridgehead atoms. The molecule has 3 rings (SSSR count). The van der Waals surface area contributed by atoms with Gasteiger partial charge in [0.1, 0.15) is 12.6 Å². The highest BCUT2D eigenvalue weighted by molar-refractivity contribution is 5.88. The average molecular weight is 204 g/mol. The summed E-state index contributed by atoms with van der Waals surface area (Å²) in [6.07, 6.45) is 10.0. The van der Waals surface area contributed by atoms with Gasteiger partial charge in [-0.25, -0.2) is 0 Å². The first-order valence-electron chi connectivity index (χ1n) is 5.95. The molecular formula is C13H16O2. The second kappa shape index (κ2) is 3.03. The molecule has 0 aromatic rings. The fourth-order valence-corrected chi connectivity index (χ4v) is 3.80. The van der Waals surface area contributed by atoms with Crippen molar-refractivity contribution < 1.29 is 9.59 Å². The molecule has 3 aliphatic carbocycles. The summed E-state index contributed by atoms with van der Waals surface area (Å²) in [6, 6.07) is 0. The Morgan fingerprint density at radius 1 is 1.27 bits per heavy atom. The van der Waals surface area contributed by atoms with Gasteiger partial charge in [-0.05, 0) is 37.0 Å². The summed E-state index contributed by atoms with van der Waals surface area (Å²) in [5.41, 5.74) is 0.436. The van der Waals surface area contributed by atoms with Crippen LogP contribution in [0.5, 0.6) is 0 Å². The summed E-state index contributed by atoms with van der Waals surface area (Å²) < 4.78 is 0. The first-order valence-corrected chi connectivity index (χ1v) is 5.95. The number of fused-ring (bicyclic) bond motifs is 3. The second-order valence-corrected chi connectivity index (χ2v) is 5.32. The van der Waals surface area contributed by atoms with E-state index in [1.54, 1.807) is 0 Å². The topological polar surface area (TPSA) is 34.1 Å². The Hall–Kier alpha value is -0.920. The highest BCUT2D eigenvalue weighted by Crippen LogP contribution is 2.65. The van der Waals surface area contributed by atoms with Gasteiger partial charge in [-0.15, -0.1) is 0 Å². The van der Waals surface area contributed by atoms with Gasteiger partial charge in [0.05, 0.1) is 5.41 Å². The van der Waals surface area contributed by atoms with Gasteiger partial charge in [0.2, 0.25) is 0 Å². The van der Waals surface area contributed by atoms with Gasteiger partial charge in [0, 0.05) is 5.57 Å². The minimum atomic E-state index is -0.347. The minimum absolute atomic E-state index is 0.347. The number of carbonyl (C=O) groups excluding carboxylic acids is 2. The maximum absolute atomic E-state index is 11.2. The Kier molecular flexibility index (Phi) is 1.88. The molecule has 0 saturated heterocycles. The van der Waals surface area contributed by atoms with Gasteiger partial charge < -0.3 is 4.79 Å². The van der Waals surface area contributed by atoms with E-state index in [1.165, 1.54) is 25.7 Å². The predicted molar refractivity (Wildman–Crippen MR) is 56.2 cm³/mol. The van der Waals surface area contributed by atoms with Gasteiger partial charge in [0.15, 0.2) is 0 Å². The van der Waals surface area contributed by atoms with E-state index in [1.807, 2.05) is 0 Å². The van der Waals surface area contributed by atoms with Crippen molar-refractivity contribution in [2.75, 3.05) is 0 Å². The van der Waals surface area contributed by atoms with Crippen LogP contribution >= 0.6 is 0 Å². The number of hydrogen-bond donors (Lipinski definition) is 0. The third-order valence-electron chi connectivity index (χ3n) is 4.72. The second-order valence-electron chi connectivity index (χ2n) is 5.32. The summed E-state index contributed by atoms with van der Waals surface area (Å²) >= 11 is 0. The fraction of sp³-hybridized carbons (Fsp3) is 0.692. The van der Waals surface area contributed by atoms with E-state index in [4.69, 9.17) is 0 Å². The van der Waals surface area contributed by atoms with Crippen molar-refractivity contribution in [3.63, 3.8) is 0 Å². The molecule has 0 heterocycles. The average Bonchev–Trinajstić information content (AvgIpc) is 3.04. The number of hydrogen-bond acceptors (Lipinski definition) is 2. The van der Waals surface area contributed by atoms with Crippen LogP contribution in [0.2, 0.25) is 0 Å². The van der Waals surface area contributed by atoms with Crippen molar-refractivity contribution in [1.29, 1.82) is 0 Å². The van der Waals surface area contributed by atoms with E-state index in [0.29, 0.717) is 17.8 Å². The summed E-state index contributed by atoms with van der Waals surface area (Å²) in [4.78, 5) is 22.2. The van der Waals surface area contributed by atoms with Crippen LogP contribution in [0.1, 0.15) is 32.1 Å². The Labute approximate surface area is 89.7 Å². The van der Waals surface area contributed by atoms with Crippen LogP contribution in [0.3, 0.4) is 0 Å². The first-order chi connectivity index (χ1) is 7.31. The van der Waals surface area contributed by atoms with Crippen molar-refractivity contribution in [1.82, 2.24) is 0 Å². The standard InChI is InChI=1S/C13H16O2/c14-7-10-5-9-3-1-2-4-11(9)12-6-13(10,12)8-15/h5,7-9,11-12H,1-4,6H2/t9-,11+,12+,13+/m1/s1. The molecule has 0 spiro atoms. The molecule has 0 amide bonds. The summed E-state index contributed by atoms with van der Waals surface area (Å²) in [6.45, 7) is 0. The smallest absolute Gasteiger partial charge is 0.146 e. The van der Waals surface area contributed by atoms with E-state index in [0.717, 1.165) is 24.6 Å². The lowest BCUT2D eigenvalue weighted by Gasteiger charge is -2.35. The minimum Gasteiger partial charge on any atom is -0.302 e. The van der Waals surface area contributed by atoms with Gasteiger partial charge in [-0.3, -0.25) is 4.79 Å². The quantitative estimate of drug-likeness (QED) is 0.646. The van der Waals surface area contributed by atoms with E-state index in [9.17, 15) is 9.59 Å². The zero-order valence-corrected chi connectivity index (χ0v) is 8.82. The molecule has 0 radical (unpaired) electrons. The Morgan fingerprint density at radius 3 is 2.80 bits per heavy atom. The predicted octanol–water partition coefficient (Wildman–Crippen LogP) is 2.14. The molecule has 4 atom stereocenters. The lowest BCUT2D eigenvalue weighted by molar-refractivity contribution is -0.114. The van der Waals surface area contributed by atoms with Crippen molar-refractivity contribution >= 4 is 12.6 Å². The SMILES string of the molecule is O=CC1=C[C@H]2CCCC[C@@H]2[C@@H]2C[C@]12C=O. The summed E-state index contributed by atoms with van der Waals surface area (Å²) in [5, 5.41) is 0. The molecule has 2 fully saturated rings. The summed E-state index contributed by atoms with van der Waals surface area (Å²) in [7, 11) is 0. The van der Waals surface area contributed by atoms with Gasteiger partial charge in [0.25, 0.3) is 0 Å². The molecule has 2 saturated carbocycles. The normalized spacial score (nSPS) is 47.2. The molecule has 0 aromatic heterocycles. The van der Waals surface area contributed by atoms with Gasteiger partial charge >= 0.3 is 0 Å². The van der Waals surface area contributed by atoms with Crippen molar-refractivity contribution in [3.05, 3.63) is 11.6 Å². The van der Waals surface area contributed by atoms with Crippen molar-refractivity contribution in [3.8, 4) is 0 Å². The van der Waals surface area contributed by atoms with Crippen LogP contribution in [0, 0.1) is 23.2 Å². The molecule has 15 heavy (non-hydrogen) atoms. The van der Waals surface area contributed by atoms with Gasteiger partial charge in [-0.2, -0.15) is 0 Å². The molecule has 2 heteroatoms. The molecular weight excluding hydrogens is 188 g/mol. The van der Waals surface area contributed by atoms with E-state index in [-0.39, 0.29) is 5.41 Å². The largest absolute Gasteiger partial charge is 0.302 e. The molecule has 2 nitrogen and oxygen atoms in total. The van der Waals surface area contributed by atoms with E-state index < -0.39 is 0 Å². The number of aldehydes is 2. The Morgan fingerprint density at radius 2 is 2.07 bits per heavy atom. The number of rotatable bonds is 2. The van der Waals surface area contributed by atoms with Crippen molar-refractivity contribution in [2.24, 2.45) is 23.2 Å². The lowest BCUT2D eigenvalue weighted by atomic mass is 9.69. The van der Waals surface area contributed by atoms with E-state index >= 15 is 0 Å². The zero-order valence-electron chi connectivity index (χ0n) is 8.82. The number of carbonyl (C=O) groups is 2. The maximum atomic E-state index is 11.2. The molecule has 80 valence electrons. The third-order valence-corrected chi connectivity index (χ3v) is 4.72. The van der Waals surface area contributed by atoms with Crippen LogP contribution in [0.15, 0.2) is 11.6 Å². The Balaban J connectivity index is 1.98. The molecule has 0 N–H and O–H groups in total. The number of allylic oxidation sites excluding steroid dienone is 2. The summed E-state index contributed by atoms with van der Waals surface area (Å²) in [5.74, 6) is 1.76. The fourth-order valence-electron chi connectivity index (χ4n) is 3.80. The van der Waals surface area contributed by atoms with Crippen molar-refractivity contribution in [2.45, 2.75) is 32.1 Å². The zero-order chi connectivity index (χ0) is 10.5. The lowest BCUT2D eigenvalue weighted by Crippen LogP contribution is -2.29. The molecule has 0 aromatic carbocycles. The van der Waals surface area contributed by atoms with E-state index in [2.05, 4.69) is 6.08 Å². The first kappa shape index (κ1) is 9.32. The van der Waals surface area contributed by atoms with Crippen LogP contribution in [-0.4, -0.2) is 12.6 Å². The monoisotopic (exact) mass is 204 g/mol. The van der Waals surface area contributed by atoms with Crippen LogP contribution in [0.25, 0.3) is 0 Å². The maximum Gasteiger partial charge on any atom is 0.146 e. The Bertz CT molecular complexity index is 344. The highest BCUT2D eigenvalue weighted by Gasteiger charge is 2.63. The van der Waals surface area contributed by atoms with Crippen LogP contribution in [-0.2, 0) is 9.59 Å². The molecule has 3 aliphatic rings.